The number of likely N-dealkylation sites (tertiary alicyclic amines) is 1. The normalized spacial score (nSPS) is 14.9. The summed E-state index contributed by atoms with van der Waals surface area (Å²) < 4.78 is 5.28. The minimum Gasteiger partial charge on any atom is -0.495 e. The lowest BCUT2D eigenvalue weighted by molar-refractivity contribution is 0.187. The van der Waals surface area contributed by atoms with Gasteiger partial charge in [-0.15, -0.1) is 11.8 Å². The van der Waals surface area contributed by atoms with Gasteiger partial charge in [-0.2, -0.15) is 0 Å². The van der Waals surface area contributed by atoms with E-state index in [0.29, 0.717) is 22.4 Å². The van der Waals surface area contributed by atoms with Gasteiger partial charge in [-0.3, -0.25) is 0 Å². The van der Waals surface area contributed by atoms with Crippen LogP contribution in [0.25, 0.3) is 0 Å². The number of urea groups is 1. The van der Waals surface area contributed by atoms with Crippen molar-refractivity contribution in [3.63, 3.8) is 0 Å². The van der Waals surface area contributed by atoms with E-state index in [1.807, 2.05) is 29.3 Å². The molecule has 0 aliphatic carbocycles. The van der Waals surface area contributed by atoms with Crippen LogP contribution >= 0.6 is 23.4 Å². The van der Waals surface area contributed by atoms with Crippen LogP contribution in [0.4, 0.5) is 10.5 Å². The molecule has 26 heavy (non-hydrogen) atoms. The predicted octanol–water partition coefficient (Wildman–Crippen LogP) is 4.78. The fraction of sp³-hybridized carbons (Fsp3) is 0.368. The number of rotatable bonds is 5. The first-order valence-electron chi connectivity index (χ1n) is 8.59. The maximum Gasteiger partial charge on any atom is 0.321 e. The predicted molar refractivity (Wildman–Crippen MR) is 106 cm³/mol. The second-order valence-corrected chi connectivity index (χ2v) is 7.66. The molecular weight excluding hydrogens is 370 g/mol. The van der Waals surface area contributed by atoms with E-state index in [4.69, 9.17) is 16.3 Å². The molecule has 0 atom stereocenters. The van der Waals surface area contributed by atoms with Gasteiger partial charge < -0.3 is 15.0 Å². The van der Waals surface area contributed by atoms with Gasteiger partial charge in [0.2, 0.25) is 0 Å². The lowest BCUT2D eigenvalue weighted by Gasteiger charge is -2.32. The molecule has 2 heterocycles. The molecule has 138 valence electrons. The van der Waals surface area contributed by atoms with Crippen LogP contribution in [0.15, 0.2) is 47.6 Å². The summed E-state index contributed by atoms with van der Waals surface area (Å²) >= 11 is 7.80. The maximum atomic E-state index is 12.5. The fourth-order valence-electron chi connectivity index (χ4n) is 2.91. The highest BCUT2D eigenvalue weighted by Crippen LogP contribution is 2.29. The Kier molecular flexibility index (Phi) is 6.63. The second kappa shape index (κ2) is 9.14. The van der Waals surface area contributed by atoms with Gasteiger partial charge in [0.05, 0.1) is 17.8 Å². The maximum absolute atomic E-state index is 12.5. The smallest absolute Gasteiger partial charge is 0.321 e. The minimum atomic E-state index is -0.110. The number of thioether (sulfide) groups is 1. The van der Waals surface area contributed by atoms with Gasteiger partial charge >= 0.3 is 6.03 Å². The lowest BCUT2D eigenvalue weighted by Crippen LogP contribution is -2.41. The molecule has 2 aromatic rings. The summed E-state index contributed by atoms with van der Waals surface area (Å²) in [4.78, 5) is 18.7. The van der Waals surface area contributed by atoms with Gasteiger partial charge in [-0.25, -0.2) is 9.78 Å². The van der Waals surface area contributed by atoms with Crippen LogP contribution in [0, 0.1) is 5.92 Å². The molecule has 1 N–H and O–H groups in total. The highest BCUT2D eigenvalue weighted by atomic mass is 35.5. The summed E-state index contributed by atoms with van der Waals surface area (Å²) in [6, 6.07) is 11.0. The number of carbonyl (C=O) groups excluding carboxylic acids is 1. The van der Waals surface area contributed by atoms with E-state index in [9.17, 15) is 4.79 Å². The number of halogens is 1. The molecule has 7 heteroatoms. The number of piperidine rings is 1. The van der Waals surface area contributed by atoms with E-state index in [1.54, 1.807) is 37.1 Å². The number of benzene rings is 1. The van der Waals surface area contributed by atoms with Crippen molar-refractivity contribution in [1.29, 1.82) is 0 Å². The zero-order valence-corrected chi connectivity index (χ0v) is 16.2. The Morgan fingerprint density at radius 1 is 1.35 bits per heavy atom. The average molecular weight is 392 g/mol. The number of anilines is 1. The number of ether oxygens (including phenoxy) is 1. The topological polar surface area (TPSA) is 54.5 Å². The number of carbonyl (C=O) groups is 1. The first-order chi connectivity index (χ1) is 12.7. The molecule has 5 nitrogen and oxygen atoms in total. The largest absolute Gasteiger partial charge is 0.495 e. The van der Waals surface area contributed by atoms with Gasteiger partial charge in [-0.1, -0.05) is 17.7 Å². The minimum absolute atomic E-state index is 0.110. The first kappa shape index (κ1) is 18.9. The summed E-state index contributed by atoms with van der Waals surface area (Å²) in [7, 11) is 1.57. The number of hydrogen-bond acceptors (Lipinski definition) is 4. The Morgan fingerprint density at radius 3 is 2.85 bits per heavy atom. The Labute approximate surface area is 163 Å². The summed E-state index contributed by atoms with van der Waals surface area (Å²) in [5, 5.41) is 4.52. The third-order valence-electron chi connectivity index (χ3n) is 4.41. The van der Waals surface area contributed by atoms with Crippen molar-refractivity contribution in [2.75, 3.05) is 31.3 Å². The van der Waals surface area contributed by atoms with Crippen molar-refractivity contribution in [2.24, 2.45) is 5.92 Å². The van der Waals surface area contributed by atoms with E-state index in [0.717, 1.165) is 36.7 Å². The third kappa shape index (κ3) is 5.05. The molecule has 1 fully saturated rings. The molecule has 0 saturated carbocycles. The Morgan fingerprint density at radius 2 is 2.15 bits per heavy atom. The van der Waals surface area contributed by atoms with Crippen molar-refractivity contribution in [2.45, 2.75) is 17.9 Å². The zero-order valence-electron chi connectivity index (χ0n) is 14.7. The summed E-state index contributed by atoms with van der Waals surface area (Å²) in [6.07, 6.45) is 3.82. The number of aromatic nitrogens is 1. The molecule has 0 radical (unpaired) electrons. The molecule has 1 aromatic carbocycles. The Hall–Kier alpha value is -1.92. The van der Waals surface area contributed by atoms with Crippen LogP contribution in [0.5, 0.6) is 5.75 Å². The number of nitrogens with one attached hydrogen (secondary N) is 1. The lowest BCUT2D eigenvalue weighted by atomic mass is 9.99. The van der Waals surface area contributed by atoms with Gasteiger partial charge in [0.25, 0.3) is 0 Å². The Balaban J connectivity index is 1.48. The molecule has 1 saturated heterocycles. The molecule has 3 rings (SSSR count). The van der Waals surface area contributed by atoms with Crippen LogP contribution in [-0.2, 0) is 0 Å². The molecule has 2 amide bonds. The van der Waals surface area contributed by atoms with Crippen LogP contribution in [0.1, 0.15) is 12.8 Å². The van der Waals surface area contributed by atoms with Gasteiger partial charge in [0.1, 0.15) is 5.75 Å². The number of nitrogens with zero attached hydrogens (tertiary/aromatic N) is 2. The van der Waals surface area contributed by atoms with Crippen LogP contribution < -0.4 is 10.1 Å². The van der Waals surface area contributed by atoms with Gasteiger partial charge in [-0.05, 0) is 49.1 Å². The van der Waals surface area contributed by atoms with E-state index >= 15 is 0 Å². The molecule has 0 spiro atoms. The van der Waals surface area contributed by atoms with Crippen molar-refractivity contribution >= 4 is 35.1 Å². The van der Waals surface area contributed by atoms with E-state index < -0.39 is 0 Å². The zero-order chi connectivity index (χ0) is 18.4. The van der Waals surface area contributed by atoms with Gasteiger partial charge in [0.15, 0.2) is 0 Å². The Bertz CT molecular complexity index is 737. The standard InChI is InChI=1S/C19H22ClN3O2S/c1-25-17-6-5-15(20)12-16(17)22-19(24)23-10-7-14(8-11-23)13-26-18-4-2-3-9-21-18/h2-6,9,12,14H,7-8,10-11,13H2,1H3,(H,22,24). The van der Waals surface area contributed by atoms with Crippen molar-refractivity contribution in [1.82, 2.24) is 9.88 Å². The molecule has 1 aliphatic heterocycles. The molecule has 0 bridgehead atoms. The van der Waals surface area contributed by atoms with E-state index in [1.165, 1.54) is 0 Å². The van der Waals surface area contributed by atoms with Crippen LogP contribution in [0.3, 0.4) is 0 Å². The molecule has 1 aromatic heterocycles. The number of hydrogen-bond donors (Lipinski definition) is 1. The monoisotopic (exact) mass is 391 g/mol. The van der Waals surface area contributed by atoms with Crippen molar-refractivity contribution < 1.29 is 9.53 Å². The molecule has 1 aliphatic rings. The van der Waals surface area contributed by atoms with E-state index in [-0.39, 0.29) is 6.03 Å². The summed E-state index contributed by atoms with van der Waals surface area (Å²) in [5.41, 5.74) is 0.595. The van der Waals surface area contributed by atoms with E-state index in [2.05, 4.69) is 10.3 Å². The van der Waals surface area contributed by atoms with Crippen LogP contribution in [0.2, 0.25) is 5.02 Å². The summed E-state index contributed by atoms with van der Waals surface area (Å²) in [5.74, 6) is 2.24. The first-order valence-corrected chi connectivity index (χ1v) is 9.95. The number of amides is 2. The highest BCUT2D eigenvalue weighted by molar-refractivity contribution is 7.99. The van der Waals surface area contributed by atoms with Crippen LogP contribution in [-0.4, -0.2) is 41.9 Å². The quantitative estimate of drug-likeness (QED) is 0.745. The summed E-state index contributed by atoms with van der Waals surface area (Å²) in [6.45, 7) is 1.50. The number of methoxy groups -OCH3 is 1. The highest BCUT2D eigenvalue weighted by Gasteiger charge is 2.23. The average Bonchev–Trinajstić information content (AvgIpc) is 2.68. The van der Waals surface area contributed by atoms with Crippen molar-refractivity contribution in [3.8, 4) is 5.75 Å². The second-order valence-electron chi connectivity index (χ2n) is 6.18. The fourth-order valence-corrected chi connectivity index (χ4v) is 4.13. The van der Waals surface area contributed by atoms with Gasteiger partial charge in [0, 0.05) is 30.1 Å². The molecule has 0 unspecified atom stereocenters. The van der Waals surface area contributed by atoms with Crippen molar-refractivity contribution in [3.05, 3.63) is 47.6 Å². The number of pyridine rings is 1. The SMILES string of the molecule is COc1ccc(Cl)cc1NC(=O)N1CCC(CSc2ccccn2)CC1. The third-order valence-corrected chi connectivity index (χ3v) is 5.82. The molecular formula is C19H22ClN3O2S.